The number of ether oxygens (including phenoxy) is 2. The second-order valence-corrected chi connectivity index (χ2v) is 7.42. The summed E-state index contributed by atoms with van der Waals surface area (Å²) in [5.74, 6) is 0.794. The molecule has 1 heterocycles. The molecule has 152 valence electrons. The summed E-state index contributed by atoms with van der Waals surface area (Å²) in [5, 5.41) is 0. The number of rotatable bonds is 5. The Hall–Kier alpha value is -3.60. The number of ketones is 1. The van der Waals surface area contributed by atoms with Gasteiger partial charge in [0.25, 0.3) is 0 Å². The average Bonchev–Trinajstić information content (AvgIpc) is 3.03. The van der Waals surface area contributed by atoms with Gasteiger partial charge >= 0.3 is 0 Å². The van der Waals surface area contributed by atoms with Crippen LogP contribution >= 0.6 is 0 Å². The third-order valence-corrected chi connectivity index (χ3v) is 5.00. The summed E-state index contributed by atoms with van der Waals surface area (Å²) in [5.41, 5.74) is 3.71. The molecule has 0 atom stereocenters. The van der Waals surface area contributed by atoms with E-state index in [0.717, 1.165) is 16.8 Å². The van der Waals surface area contributed by atoms with Crippen molar-refractivity contribution in [1.29, 1.82) is 0 Å². The first kappa shape index (κ1) is 19.7. The zero-order chi connectivity index (χ0) is 21.3. The van der Waals surface area contributed by atoms with Crippen molar-refractivity contribution in [3.63, 3.8) is 0 Å². The number of hydrogen-bond donors (Lipinski definition) is 0. The molecule has 0 aliphatic carbocycles. The van der Waals surface area contributed by atoms with E-state index < -0.39 is 0 Å². The van der Waals surface area contributed by atoms with Crippen LogP contribution < -0.4 is 14.4 Å². The first-order valence-electron chi connectivity index (χ1n) is 9.65. The van der Waals surface area contributed by atoms with Gasteiger partial charge in [0, 0.05) is 31.4 Å². The number of hydrogen-bond acceptors (Lipinski definition) is 4. The van der Waals surface area contributed by atoms with E-state index in [1.165, 1.54) is 6.07 Å². The quantitative estimate of drug-likeness (QED) is 0.535. The Kier molecular flexibility index (Phi) is 5.27. The van der Waals surface area contributed by atoms with Gasteiger partial charge < -0.3 is 14.4 Å². The third-order valence-electron chi connectivity index (χ3n) is 5.00. The zero-order valence-corrected chi connectivity index (χ0v) is 17.1. The average molecular weight is 403 g/mol. The lowest BCUT2D eigenvalue weighted by Crippen LogP contribution is -2.08. The number of carbonyl (C=O) groups excluding carboxylic acids is 1. The minimum Gasteiger partial charge on any atom is -0.489 e. The monoisotopic (exact) mass is 403 g/mol. The normalized spacial score (nSPS) is 13.9. The first-order valence-corrected chi connectivity index (χ1v) is 9.65. The SMILES string of the molecule is Cc1cc(OCc2ccccc2F)cc2c1C(=O)/C(=C/c1ccc(N(C)C)cc1)O2. The number of carbonyl (C=O) groups is 1. The molecule has 0 radical (unpaired) electrons. The van der Waals surface area contributed by atoms with Gasteiger partial charge in [0.2, 0.25) is 5.78 Å². The molecular weight excluding hydrogens is 381 g/mol. The number of anilines is 1. The minimum atomic E-state index is -0.313. The maximum atomic E-state index is 13.8. The van der Waals surface area contributed by atoms with E-state index in [1.807, 2.05) is 50.2 Å². The van der Waals surface area contributed by atoms with E-state index in [4.69, 9.17) is 9.47 Å². The third kappa shape index (κ3) is 3.92. The molecule has 0 saturated carbocycles. The molecule has 0 N–H and O–H groups in total. The fraction of sp³-hybridized carbons (Fsp3) is 0.160. The van der Waals surface area contributed by atoms with Crippen LogP contribution in [0.1, 0.15) is 27.0 Å². The lowest BCUT2D eigenvalue weighted by Gasteiger charge is -2.11. The topological polar surface area (TPSA) is 38.8 Å². The molecular formula is C25H22FNO3. The molecule has 1 aliphatic rings. The van der Waals surface area contributed by atoms with Gasteiger partial charge in [0.1, 0.15) is 23.9 Å². The second kappa shape index (κ2) is 8.03. The number of aryl methyl sites for hydroxylation is 1. The van der Waals surface area contributed by atoms with Gasteiger partial charge in [-0.2, -0.15) is 0 Å². The van der Waals surface area contributed by atoms with Gasteiger partial charge in [-0.1, -0.05) is 30.3 Å². The van der Waals surface area contributed by atoms with Crippen LogP contribution in [-0.4, -0.2) is 19.9 Å². The number of benzene rings is 3. The maximum Gasteiger partial charge on any atom is 0.232 e. The molecule has 30 heavy (non-hydrogen) atoms. The van der Waals surface area contributed by atoms with Gasteiger partial charge in [0.05, 0.1) is 5.56 Å². The van der Waals surface area contributed by atoms with Crippen LogP contribution in [0.25, 0.3) is 6.08 Å². The summed E-state index contributed by atoms with van der Waals surface area (Å²) < 4.78 is 25.4. The Morgan fingerprint density at radius 1 is 1.07 bits per heavy atom. The van der Waals surface area contributed by atoms with Crippen molar-refractivity contribution in [3.05, 3.63) is 94.5 Å². The standard InChI is InChI=1S/C25H22FNO3/c1-16-12-20(29-15-18-6-4-5-7-21(18)26)14-22-24(16)25(28)23(30-22)13-17-8-10-19(11-9-17)27(2)3/h4-14H,15H2,1-3H3/b23-13-. The van der Waals surface area contributed by atoms with Gasteiger partial charge in [-0.25, -0.2) is 4.39 Å². The Labute approximate surface area is 175 Å². The molecule has 0 amide bonds. The van der Waals surface area contributed by atoms with Crippen LogP contribution in [0.4, 0.5) is 10.1 Å². The van der Waals surface area contributed by atoms with Crippen molar-refractivity contribution in [2.45, 2.75) is 13.5 Å². The smallest absolute Gasteiger partial charge is 0.232 e. The van der Waals surface area contributed by atoms with E-state index in [-0.39, 0.29) is 24.0 Å². The fourth-order valence-corrected chi connectivity index (χ4v) is 3.36. The second-order valence-electron chi connectivity index (χ2n) is 7.42. The lowest BCUT2D eigenvalue weighted by atomic mass is 10.0. The number of nitrogens with zero attached hydrogens (tertiary/aromatic N) is 1. The fourth-order valence-electron chi connectivity index (χ4n) is 3.36. The van der Waals surface area contributed by atoms with Crippen LogP contribution in [0.5, 0.6) is 11.5 Å². The number of Topliss-reactive ketones (excluding diaryl/α,β-unsaturated/α-hetero) is 1. The van der Waals surface area contributed by atoms with Crippen molar-refractivity contribution < 1.29 is 18.7 Å². The van der Waals surface area contributed by atoms with E-state index in [1.54, 1.807) is 36.4 Å². The summed E-state index contributed by atoms with van der Waals surface area (Å²) in [4.78, 5) is 14.9. The molecule has 0 aromatic heterocycles. The van der Waals surface area contributed by atoms with Crippen molar-refractivity contribution >= 4 is 17.5 Å². The van der Waals surface area contributed by atoms with Crippen molar-refractivity contribution in [2.24, 2.45) is 0 Å². The minimum absolute atomic E-state index is 0.0970. The summed E-state index contributed by atoms with van der Waals surface area (Å²) >= 11 is 0. The van der Waals surface area contributed by atoms with Crippen LogP contribution in [-0.2, 0) is 6.61 Å². The molecule has 0 spiro atoms. The molecule has 4 nitrogen and oxygen atoms in total. The van der Waals surface area contributed by atoms with Crippen molar-refractivity contribution in [1.82, 2.24) is 0 Å². The van der Waals surface area contributed by atoms with Gasteiger partial charge in [-0.15, -0.1) is 0 Å². The zero-order valence-electron chi connectivity index (χ0n) is 17.1. The summed E-state index contributed by atoms with van der Waals surface area (Å²) in [7, 11) is 3.95. The number of halogens is 1. The number of fused-ring (bicyclic) bond motifs is 1. The molecule has 3 aromatic carbocycles. The summed E-state index contributed by atoms with van der Waals surface area (Å²) in [6.45, 7) is 1.94. The maximum absolute atomic E-state index is 13.8. The van der Waals surface area contributed by atoms with E-state index in [2.05, 4.69) is 0 Å². The van der Waals surface area contributed by atoms with Gasteiger partial charge in [0.15, 0.2) is 5.76 Å². The molecule has 0 unspecified atom stereocenters. The van der Waals surface area contributed by atoms with Gasteiger partial charge in [-0.3, -0.25) is 4.79 Å². The Morgan fingerprint density at radius 3 is 2.50 bits per heavy atom. The van der Waals surface area contributed by atoms with Crippen LogP contribution in [0.15, 0.2) is 66.4 Å². The van der Waals surface area contributed by atoms with E-state index >= 15 is 0 Å². The number of allylic oxidation sites excluding steroid dienone is 1. The van der Waals surface area contributed by atoms with E-state index in [9.17, 15) is 9.18 Å². The largest absolute Gasteiger partial charge is 0.489 e. The molecule has 5 heteroatoms. The first-order chi connectivity index (χ1) is 14.4. The highest BCUT2D eigenvalue weighted by molar-refractivity contribution is 6.15. The lowest BCUT2D eigenvalue weighted by molar-refractivity contribution is 0.101. The highest BCUT2D eigenvalue weighted by atomic mass is 19.1. The molecule has 0 bridgehead atoms. The van der Waals surface area contributed by atoms with Crippen LogP contribution in [0.3, 0.4) is 0 Å². The predicted octanol–water partition coefficient (Wildman–Crippen LogP) is 5.40. The highest BCUT2D eigenvalue weighted by Crippen LogP contribution is 2.37. The molecule has 0 saturated heterocycles. The Bertz CT molecular complexity index is 1130. The Balaban J connectivity index is 1.55. The van der Waals surface area contributed by atoms with Crippen LogP contribution in [0.2, 0.25) is 0 Å². The summed E-state index contributed by atoms with van der Waals surface area (Å²) in [6, 6.07) is 17.8. The van der Waals surface area contributed by atoms with Crippen molar-refractivity contribution in [3.8, 4) is 11.5 Å². The van der Waals surface area contributed by atoms with Crippen molar-refractivity contribution in [2.75, 3.05) is 19.0 Å². The molecule has 0 fully saturated rings. The summed E-state index contributed by atoms with van der Waals surface area (Å²) in [6.07, 6.45) is 1.74. The van der Waals surface area contributed by atoms with E-state index in [0.29, 0.717) is 22.6 Å². The van der Waals surface area contributed by atoms with Gasteiger partial charge in [-0.05, 0) is 48.4 Å². The Morgan fingerprint density at radius 2 is 1.80 bits per heavy atom. The highest BCUT2D eigenvalue weighted by Gasteiger charge is 2.30. The molecule has 3 aromatic rings. The predicted molar refractivity (Wildman–Crippen MR) is 116 cm³/mol. The van der Waals surface area contributed by atoms with Crippen LogP contribution in [0, 0.1) is 12.7 Å². The molecule has 4 rings (SSSR count). The molecule has 1 aliphatic heterocycles.